The molecular formula is C27H23NO. The molecule has 0 spiro atoms. The highest BCUT2D eigenvalue weighted by Gasteiger charge is 2.18. The van der Waals surface area contributed by atoms with Gasteiger partial charge in [-0.3, -0.25) is 4.98 Å². The Morgan fingerprint density at radius 3 is 2.31 bits per heavy atom. The maximum Gasteiger partial charge on any atom is 0.144 e. The molecule has 2 aromatic heterocycles. The third-order valence-electron chi connectivity index (χ3n) is 5.51. The summed E-state index contributed by atoms with van der Waals surface area (Å²) in [7, 11) is 0. The molecule has 0 radical (unpaired) electrons. The van der Waals surface area contributed by atoms with E-state index in [1.54, 1.807) is 0 Å². The summed E-state index contributed by atoms with van der Waals surface area (Å²) >= 11 is 0. The normalized spacial score (nSPS) is 12.0. The van der Waals surface area contributed by atoms with Crippen molar-refractivity contribution in [2.24, 2.45) is 0 Å². The van der Waals surface area contributed by atoms with E-state index in [1.165, 1.54) is 16.7 Å². The van der Waals surface area contributed by atoms with E-state index < -0.39 is 0 Å². The molecule has 0 fully saturated rings. The lowest BCUT2D eigenvalue weighted by molar-refractivity contribution is 0.589. The Kier molecular flexibility index (Phi) is 4.02. The summed E-state index contributed by atoms with van der Waals surface area (Å²) in [6.45, 7) is 6.67. The quantitative estimate of drug-likeness (QED) is 0.316. The number of furan rings is 1. The molecule has 2 nitrogen and oxygen atoms in total. The molecule has 0 saturated heterocycles. The summed E-state index contributed by atoms with van der Waals surface area (Å²) in [6.07, 6.45) is 1.90. The number of nitrogens with zero attached hydrogens (tertiary/aromatic N) is 1. The highest BCUT2D eigenvalue weighted by atomic mass is 16.3. The molecule has 0 aliphatic rings. The van der Waals surface area contributed by atoms with E-state index in [0.29, 0.717) is 0 Å². The van der Waals surface area contributed by atoms with Gasteiger partial charge in [-0.15, -0.1) is 0 Å². The van der Waals surface area contributed by atoms with E-state index in [9.17, 15) is 0 Å². The number of rotatable bonds is 2. The molecule has 0 saturated carbocycles. The van der Waals surface area contributed by atoms with Gasteiger partial charge in [-0.2, -0.15) is 0 Å². The minimum absolute atomic E-state index is 0.0694. The SMILES string of the molecule is CC(C)(C)c1ccnc(-c2cccc3c2oc2cccc(-c4ccccc4)c23)c1. The zero-order valence-electron chi connectivity index (χ0n) is 16.9. The van der Waals surface area contributed by atoms with Gasteiger partial charge in [0.2, 0.25) is 0 Å². The number of benzene rings is 3. The lowest BCUT2D eigenvalue weighted by Crippen LogP contribution is -2.11. The molecule has 0 aliphatic carbocycles. The van der Waals surface area contributed by atoms with Crippen LogP contribution in [0.1, 0.15) is 26.3 Å². The zero-order valence-corrected chi connectivity index (χ0v) is 16.9. The number of fused-ring (bicyclic) bond motifs is 3. The Balaban J connectivity index is 1.79. The average Bonchev–Trinajstić information content (AvgIpc) is 3.13. The van der Waals surface area contributed by atoms with E-state index in [0.717, 1.165) is 33.2 Å². The Hall–Kier alpha value is -3.39. The van der Waals surface area contributed by atoms with Crippen LogP contribution in [0.4, 0.5) is 0 Å². The minimum atomic E-state index is 0.0694. The molecule has 0 N–H and O–H groups in total. The van der Waals surface area contributed by atoms with Crippen LogP contribution in [0.25, 0.3) is 44.3 Å². The Morgan fingerprint density at radius 1 is 0.759 bits per heavy atom. The predicted molar refractivity (Wildman–Crippen MR) is 121 cm³/mol. The molecule has 3 aromatic carbocycles. The van der Waals surface area contributed by atoms with Crippen molar-refractivity contribution in [1.82, 2.24) is 4.98 Å². The van der Waals surface area contributed by atoms with Crippen molar-refractivity contribution in [3.8, 4) is 22.4 Å². The predicted octanol–water partition coefficient (Wildman–Crippen LogP) is 7.61. The van der Waals surface area contributed by atoms with Crippen molar-refractivity contribution < 1.29 is 4.42 Å². The van der Waals surface area contributed by atoms with Crippen molar-refractivity contribution in [2.75, 3.05) is 0 Å². The maximum atomic E-state index is 6.39. The molecule has 2 heterocycles. The topological polar surface area (TPSA) is 26.0 Å². The first-order valence-corrected chi connectivity index (χ1v) is 9.99. The second-order valence-corrected chi connectivity index (χ2v) is 8.51. The van der Waals surface area contributed by atoms with Gasteiger partial charge in [-0.05, 0) is 46.4 Å². The summed E-state index contributed by atoms with van der Waals surface area (Å²) in [5.74, 6) is 0. The molecule has 5 rings (SSSR count). The number of hydrogen-bond acceptors (Lipinski definition) is 2. The van der Waals surface area contributed by atoms with Gasteiger partial charge >= 0.3 is 0 Å². The zero-order chi connectivity index (χ0) is 20.0. The summed E-state index contributed by atoms with van der Waals surface area (Å²) in [6, 6.07) is 27.4. The van der Waals surface area contributed by atoms with Gasteiger partial charge in [-0.25, -0.2) is 0 Å². The van der Waals surface area contributed by atoms with Crippen LogP contribution in [0.5, 0.6) is 0 Å². The fraction of sp³-hybridized carbons (Fsp3) is 0.148. The largest absolute Gasteiger partial charge is 0.455 e. The van der Waals surface area contributed by atoms with Crippen LogP contribution in [0.2, 0.25) is 0 Å². The Labute approximate surface area is 170 Å². The molecule has 142 valence electrons. The average molecular weight is 377 g/mol. The minimum Gasteiger partial charge on any atom is -0.455 e. The lowest BCUT2D eigenvalue weighted by Gasteiger charge is -2.19. The molecule has 0 unspecified atom stereocenters. The number of aromatic nitrogens is 1. The summed E-state index contributed by atoms with van der Waals surface area (Å²) in [5.41, 5.74) is 7.49. The lowest BCUT2D eigenvalue weighted by atomic mass is 9.87. The van der Waals surface area contributed by atoms with Crippen LogP contribution in [-0.2, 0) is 5.41 Å². The second-order valence-electron chi connectivity index (χ2n) is 8.51. The van der Waals surface area contributed by atoms with E-state index in [1.807, 2.05) is 18.3 Å². The van der Waals surface area contributed by atoms with Crippen molar-refractivity contribution >= 4 is 21.9 Å². The standard InChI is InChI=1S/C27H23NO/c1-27(2,3)19-15-16-28-23(17-19)21-12-7-13-22-25-20(18-9-5-4-6-10-18)11-8-14-24(25)29-26(21)22/h4-17H,1-3H3. The number of para-hydroxylation sites is 1. The molecule has 0 bridgehead atoms. The van der Waals surface area contributed by atoms with E-state index in [4.69, 9.17) is 4.42 Å². The van der Waals surface area contributed by atoms with E-state index in [2.05, 4.69) is 92.5 Å². The van der Waals surface area contributed by atoms with Crippen molar-refractivity contribution in [2.45, 2.75) is 26.2 Å². The van der Waals surface area contributed by atoms with Crippen molar-refractivity contribution in [3.63, 3.8) is 0 Å². The third-order valence-corrected chi connectivity index (χ3v) is 5.51. The Morgan fingerprint density at radius 2 is 1.52 bits per heavy atom. The smallest absolute Gasteiger partial charge is 0.144 e. The first-order valence-electron chi connectivity index (χ1n) is 9.99. The number of hydrogen-bond donors (Lipinski definition) is 0. The van der Waals surface area contributed by atoms with Gasteiger partial charge in [0.25, 0.3) is 0 Å². The summed E-state index contributed by atoms with van der Waals surface area (Å²) in [4.78, 5) is 4.66. The van der Waals surface area contributed by atoms with Gasteiger partial charge in [0.1, 0.15) is 11.2 Å². The van der Waals surface area contributed by atoms with Gasteiger partial charge in [0.15, 0.2) is 0 Å². The highest BCUT2D eigenvalue weighted by molar-refractivity contribution is 6.15. The van der Waals surface area contributed by atoms with Crippen LogP contribution in [0, 0.1) is 0 Å². The van der Waals surface area contributed by atoms with Crippen molar-refractivity contribution in [1.29, 1.82) is 0 Å². The fourth-order valence-electron chi connectivity index (χ4n) is 3.95. The van der Waals surface area contributed by atoms with Crippen LogP contribution in [0.3, 0.4) is 0 Å². The summed E-state index contributed by atoms with van der Waals surface area (Å²) < 4.78 is 6.39. The molecule has 0 atom stereocenters. The third kappa shape index (κ3) is 3.01. The molecule has 0 amide bonds. The van der Waals surface area contributed by atoms with Crippen LogP contribution in [0.15, 0.2) is 89.5 Å². The Bertz CT molecular complexity index is 1320. The molecule has 29 heavy (non-hydrogen) atoms. The van der Waals surface area contributed by atoms with Gasteiger partial charge in [0, 0.05) is 22.5 Å². The first kappa shape index (κ1) is 17.7. The van der Waals surface area contributed by atoms with Crippen LogP contribution < -0.4 is 0 Å². The maximum absolute atomic E-state index is 6.39. The van der Waals surface area contributed by atoms with Gasteiger partial charge in [-0.1, -0.05) is 75.4 Å². The van der Waals surface area contributed by atoms with E-state index in [-0.39, 0.29) is 5.41 Å². The van der Waals surface area contributed by atoms with Gasteiger partial charge < -0.3 is 4.42 Å². The fourth-order valence-corrected chi connectivity index (χ4v) is 3.95. The van der Waals surface area contributed by atoms with Crippen LogP contribution in [-0.4, -0.2) is 4.98 Å². The molecular weight excluding hydrogens is 354 g/mol. The monoisotopic (exact) mass is 377 g/mol. The highest BCUT2D eigenvalue weighted by Crippen LogP contribution is 2.40. The first-order chi connectivity index (χ1) is 14.0. The van der Waals surface area contributed by atoms with Gasteiger partial charge in [0.05, 0.1) is 5.69 Å². The van der Waals surface area contributed by atoms with E-state index >= 15 is 0 Å². The molecule has 2 heteroatoms. The number of pyridine rings is 1. The molecule has 0 aliphatic heterocycles. The van der Waals surface area contributed by atoms with Crippen molar-refractivity contribution in [3.05, 3.63) is 90.6 Å². The summed E-state index contributed by atoms with van der Waals surface area (Å²) in [5, 5.41) is 2.28. The molecule has 5 aromatic rings. The van der Waals surface area contributed by atoms with Crippen LogP contribution >= 0.6 is 0 Å². The second kappa shape index (κ2) is 6.59.